The number of nitrogens with zero attached hydrogens (tertiary/aromatic N) is 2. The van der Waals surface area contributed by atoms with Crippen LogP contribution in [-0.4, -0.2) is 71.8 Å². The topological polar surface area (TPSA) is 53.0 Å². The molecular weight excluding hydrogens is 244 g/mol. The highest BCUT2D eigenvalue weighted by molar-refractivity contribution is 5.76. The van der Waals surface area contributed by atoms with E-state index in [9.17, 15) is 9.90 Å². The van der Waals surface area contributed by atoms with Gasteiger partial charge in [0.15, 0.2) is 0 Å². The maximum Gasteiger partial charge on any atom is 0.225 e. The van der Waals surface area contributed by atoms with Gasteiger partial charge in [-0.25, -0.2) is 0 Å². The highest BCUT2D eigenvalue weighted by atomic mass is 16.5. The third-order valence-corrected chi connectivity index (χ3v) is 3.76. The van der Waals surface area contributed by atoms with Gasteiger partial charge in [-0.1, -0.05) is 0 Å². The molecule has 0 aliphatic carbocycles. The highest BCUT2D eigenvalue weighted by Crippen LogP contribution is 2.17. The Morgan fingerprint density at radius 3 is 2.53 bits per heavy atom. The number of aliphatic hydroxyl groups is 1. The number of carbonyl (C=O) groups is 1. The summed E-state index contributed by atoms with van der Waals surface area (Å²) in [5.74, 6) is 0.217. The van der Waals surface area contributed by atoms with Gasteiger partial charge in [-0.3, -0.25) is 9.69 Å². The summed E-state index contributed by atoms with van der Waals surface area (Å²) in [6, 6.07) is 0. The molecule has 19 heavy (non-hydrogen) atoms. The molecule has 5 heteroatoms. The first-order chi connectivity index (χ1) is 8.94. The van der Waals surface area contributed by atoms with E-state index in [1.807, 2.05) is 18.7 Å². The number of ether oxygens (including phenoxy) is 1. The molecule has 5 nitrogen and oxygen atoms in total. The van der Waals surface area contributed by atoms with Crippen molar-refractivity contribution in [2.45, 2.75) is 44.8 Å². The third kappa shape index (κ3) is 4.75. The van der Waals surface area contributed by atoms with Crippen molar-refractivity contribution in [3.05, 3.63) is 0 Å². The number of rotatable bonds is 4. The molecule has 2 saturated heterocycles. The van der Waals surface area contributed by atoms with Crippen molar-refractivity contribution in [1.82, 2.24) is 9.80 Å². The van der Waals surface area contributed by atoms with Gasteiger partial charge in [0.25, 0.3) is 0 Å². The number of hydrogen-bond donors (Lipinski definition) is 1. The summed E-state index contributed by atoms with van der Waals surface area (Å²) in [6.07, 6.45) is 2.77. The Hall–Kier alpha value is -0.650. The molecule has 110 valence electrons. The minimum Gasteiger partial charge on any atom is -0.389 e. The van der Waals surface area contributed by atoms with Gasteiger partial charge < -0.3 is 14.7 Å². The standard InChI is InChI=1S/C14H26N2O3/c1-14(2,18)11-15-5-7-16(8-6-15)13(17)10-12-4-3-9-19-12/h12,18H,3-11H2,1-2H3. The van der Waals surface area contributed by atoms with E-state index in [0.29, 0.717) is 13.0 Å². The molecule has 0 aromatic heterocycles. The van der Waals surface area contributed by atoms with Crippen LogP contribution in [-0.2, 0) is 9.53 Å². The molecule has 1 N–H and O–H groups in total. The number of hydrogen-bond acceptors (Lipinski definition) is 4. The van der Waals surface area contributed by atoms with Gasteiger partial charge >= 0.3 is 0 Å². The molecule has 0 spiro atoms. The summed E-state index contributed by atoms with van der Waals surface area (Å²) in [5.41, 5.74) is -0.663. The summed E-state index contributed by atoms with van der Waals surface area (Å²) in [6.45, 7) is 8.34. The van der Waals surface area contributed by atoms with Gasteiger partial charge in [0.1, 0.15) is 0 Å². The van der Waals surface area contributed by atoms with Crippen LogP contribution in [0.15, 0.2) is 0 Å². The molecular formula is C14H26N2O3. The molecule has 2 rings (SSSR count). The van der Waals surface area contributed by atoms with Crippen molar-refractivity contribution in [2.75, 3.05) is 39.3 Å². The molecule has 1 atom stereocenters. The van der Waals surface area contributed by atoms with E-state index < -0.39 is 5.60 Å². The third-order valence-electron chi connectivity index (χ3n) is 3.76. The Kier molecular flexibility index (Phi) is 4.81. The lowest BCUT2D eigenvalue weighted by molar-refractivity contribution is -0.135. The first-order valence-electron chi connectivity index (χ1n) is 7.28. The number of carbonyl (C=O) groups excluding carboxylic acids is 1. The maximum atomic E-state index is 12.1. The average Bonchev–Trinajstić information content (AvgIpc) is 2.80. The quantitative estimate of drug-likeness (QED) is 0.807. The van der Waals surface area contributed by atoms with Crippen molar-refractivity contribution in [3.8, 4) is 0 Å². The molecule has 2 aliphatic heterocycles. The monoisotopic (exact) mass is 270 g/mol. The Balaban J connectivity index is 1.71. The van der Waals surface area contributed by atoms with Gasteiger partial charge in [-0.05, 0) is 26.7 Å². The Labute approximate surface area is 115 Å². The minimum atomic E-state index is -0.663. The van der Waals surface area contributed by atoms with Crippen LogP contribution in [0.5, 0.6) is 0 Å². The second-order valence-electron chi connectivity index (χ2n) is 6.31. The predicted molar refractivity (Wildman–Crippen MR) is 72.9 cm³/mol. The molecule has 2 fully saturated rings. The van der Waals surface area contributed by atoms with Crippen molar-refractivity contribution >= 4 is 5.91 Å². The molecule has 1 amide bonds. The van der Waals surface area contributed by atoms with Crippen LogP contribution in [0.2, 0.25) is 0 Å². The van der Waals surface area contributed by atoms with E-state index in [-0.39, 0.29) is 12.0 Å². The summed E-state index contributed by atoms with van der Waals surface area (Å²) in [7, 11) is 0. The van der Waals surface area contributed by atoms with Crippen LogP contribution in [0, 0.1) is 0 Å². The zero-order valence-electron chi connectivity index (χ0n) is 12.1. The molecule has 2 heterocycles. The Morgan fingerprint density at radius 2 is 2.00 bits per heavy atom. The zero-order chi connectivity index (χ0) is 13.9. The molecule has 0 radical (unpaired) electrons. The summed E-state index contributed by atoms with van der Waals surface area (Å²) >= 11 is 0. The van der Waals surface area contributed by atoms with E-state index in [1.54, 1.807) is 0 Å². The normalized spacial score (nSPS) is 25.8. The molecule has 0 saturated carbocycles. The van der Waals surface area contributed by atoms with E-state index in [0.717, 1.165) is 45.6 Å². The van der Waals surface area contributed by atoms with Crippen LogP contribution < -0.4 is 0 Å². The molecule has 0 bridgehead atoms. The van der Waals surface area contributed by atoms with E-state index >= 15 is 0 Å². The van der Waals surface area contributed by atoms with Gasteiger partial charge in [0, 0.05) is 39.3 Å². The van der Waals surface area contributed by atoms with E-state index in [4.69, 9.17) is 4.74 Å². The van der Waals surface area contributed by atoms with Crippen molar-refractivity contribution in [1.29, 1.82) is 0 Å². The highest BCUT2D eigenvalue weighted by Gasteiger charge is 2.27. The lowest BCUT2D eigenvalue weighted by Gasteiger charge is -2.37. The molecule has 0 aromatic rings. The SMILES string of the molecule is CC(C)(O)CN1CCN(C(=O)CC2CCCO2)CC1. The van der Waals surface area contributed by atoms with Gasteiger partial charge in [0.05, 0.1) is 18.1 Å². The second kappa shape index (κ2) is 6.20. The van der Waals surface area contributed by atoms with Crippen LogP contribution in [0.4, 0.5) is 0 Å². The lowest BCUT2D eigenvalue weighted by Crippen LogP contribution is -2.52. The lowest BCUT2D eigenvalue weighted by atomic mass is 10.1. The van der Waals surface area contributed by atoms with Crippen LogP contribution in [0.1, 0.15) is 33.1 Å². The fraction of sp³-hybridized carbons (Fsp3) is 0.929. The summed E-state index contributed by atoms with van der Waals surface area (Å²) in [5, 5.41) is 9.80. The van der Waals surface area contributed by atoms with Crippen molar-refractivity contribution in [3.63, 3.8) is 0 Å². The average molecular weight is 270 g/mol. The Bertz CT molecular complexity index is 300. The Morgan fingerprint density at radius 1 is 1.32 bits per heavy atom. The fourth-order valence-electron chi connectivity index (χ4n) is 2.83. The van der Waals surface area contributed by atoms with Crippen molar-refractivity contribution in [2.24, 2.45) is 0 Å². The molecule has 2 aliphatic rings. The molecule has 0 aromatic carbocycles. The fourth-order valence-corrected chi connectivity index (χ4v) is 2.83. The first kappa shape index (κ1) is 14.8. The summed E-state index contributed by atoms with van der Waals surface area (Å²) in [4.78, 5) is 16.3. The number of piperazine rings is 1. The van der Waals surface area contributed by atoms with Gasteiger partial charge in [0.2, 0.25) is 5.91 Å². The predicted octanol–water partition coefficient (Wildman–Crippen LogP) is 0.471. The first-order valence-corrected chi connectivity index (χ1v) is 7.28. The smallest absolute Gasteiger partial charge is 0.225 e. The summed E-state index contributed by atoms with van der Waals surface area (Å²) < 4.78 is 5.51. The number of amides is 1. The van der Waals surface area contributed by atoms with Gasteiger partial charge in [-0.2, -0.15) is 0 Å². The molecule has 1 unspecified atom stereocenters. The van der Waals surface area contributed by atoms with E-state index in [1.165, 1.54) is 0 Å². The zero-order valence-corrected chi connectivity index (χ0v) is 12.1. The minimum absolute atomic E-state index is 0.141. The van der Waals surface area contributed by atoms with Crippen LogP contribution in [0.3, 0.4) is 0 Å². The maximum absolute atomic E-state index is 12.1. The van der Waals surface area contributed by atoms with E-state index in [2.05, 4.69) is 4.90 Å². The largest absolute Gasteiger partial charge is 0.389 e. The van der Waals surface area contributed by atoms with Crippen LogP contribution >= 0.6 is 0 Å². The van der Waals surface area contributed by atoms with Crippen LogP contribution in [0.25, 0.3) is 0 Å². The number of β-amino-alcohol motifs (C(OH)–C–C–N with tert-alkyl or cyclic N) is 1. The van der Waals surface area contributed by atoms with Crippen molar-refractivity contribution < 1.29 is 14.6 Å². The van der Waals surface area contributed by atoms with Gasteiger partial charge in [-0.15, -0.1) is 0 Å². The second-order valence-corrected chi connectivity index (χ2v) is 6.31.